The van der Waals surface area contributed by atoms with Crippen LogP contribution in [0.4, 0.5) is 11.4 Å². The zero-order chi connectivity index (χ0) is 27.1. The zero-order valence-electron chi connectivity index (χ0n) is 20.4. The van der Waals surface area contributed by atoms with Crippen LogP contribution in [0.5, 0.6) is 0 Å². The molecule has 3 aliphatic heterocycles. The van der Waals surface area contributed by atoms with Crippen molar-refractivity contribution >= 4 is 34.8 Å². The summed E-state index contributed by atoms with van der Waals surface area (Å²) in [4.78, 5) is 51.6. The van der Waals surface area contributed by atoms with E-state index in [0.29, 0.717) is 23.4 Å². The summed E-state index contributed by atoms with van der Waals surface area (Å²) in [6.45, 7) is -0.332. The van der Waals surface area contributed by atoms with E-state index < -0.39 is 40.8 Å². The van der Waals surface area contributed by atoms with E-state index in [1.807, 2.05) is 30.3 Å². The topological polar surface area (TPSA) is 141 Å². The Kier molecular flexibility index (Phi) is 5.91. The van der Waals surface area contributed by atoms with Crippen LogP contribution in [0, 0.1) is 10.1 Å². The number of hydrogen-bond donors (Lipinski definition) is 0. The molecular weight excluding hydrogens is 502 g/mol. The van der Waals surface area contributed by atoms with E-state index in [4.69, 9.17) is 0 Å². The molecule has 0 N–H and O–H groups in total. The van der Waals surface area contributed by atoms with E-state index in [-0.39, 0.29) is 12.2 Å². The number of nitrogens with zero attached hydrogens (tertiary/aromatic N) is 7. The molecule has 39 heavy (non-hydrogen) atoms. The van der Waals surface area contributed by atoms with Crippen LogP contribution in [-0.2, 0) is 14.4 Å². The van der Waals surface area contributed by atoms with Crippen molar-refractivity contribution < 1.29 is 19.3 Å². The van der Waals surface area contributed by atoms with E-state index in [2.05, 4.69) is 15.4 Å². The van der Waals surface area contributed by atoms with Gasteiger partial charge in [0.25, 0.3) is 23.4 Å². The maximum absolute atomic E-state index is 13.6. The number of amides is 3. The van der Waals surface area contributed by atoms with Crippen molar-refractivity contribution in [3.8, 4) is 0 Å². The van der Waals surface area contributed by atoms with Crippen LogP contribution in [0.15, 0.2) is 100 Å². The molecule has 0 aliphatic carbocycles. The Morgan fingerprint density at radius 1 is 0.923 bits per heavy atom. The highest BCUT2D eigenvalue weighted by Crippen LogP contribution is 2.35. The minimum Gasteiger partial charge on any atom is -0.271 e. The number of rotatable bonds is 6. The van der Waals surface area contributed by atoms with Gasteiger partial charge in [-0.05, 0) is 23.3 Å². The number of benzene rings is 3. The van der Waals surface area contributed by atoms with E-state index >= 15 is 0 Å². The highest BCUT2D eigenvalue weighted by Gasteiger charge is 2.55. The van der Waals surface area contributed by atoms with E-state index in [9.17, 15) is 24.5 Å². The second kappa shape index (κ2) is 9.56. The SMILES string of the molecule is O=C1[C@H]2N=NN(CC(=O)N3N=C(c4ccccc4)C[C@H]3c3ccc([N+](=O)[O-])cc3)[C@@H]2C(=O)N1c1ccccc1. The smallest absolute Gasteiger partial charge is 0.269 e. The number of carbonyl (C=O) groups excluding carboxylic acids is 3. The molecule has 0 unspecified atom stereocenters. The van der Waals surface area contributed by atoms with Crippen molar-refractivity contribution in [2.45, 2.75) is 24.5 Å². The number of para-hydroxylation sites is 1. The summed E-state index contributed by atoms with van der Waals surface area (Å²) in [5.41, 5.74) is 2.56. The average molecular weight is 524 g/mol. The Morgan fingerprint density at radius 2 is 1.59 bits per heavy atom. The zero-order valence-corrected chi connectivity index (χ0v) is 20.4. The Hall–Kier alpha value is -5.26. The second-order valence-electron chi connectivity index (χ2n) is 9.26. The molecule has 3 aromatic carbocycles. The number of imide groups is 1. The van der Waals surface area contributed by atoms with Crippen molar-refractivity contribution in [3.63, 3.8) is 0 Å². The number of carbonyl (C=O) groups is 3. The van der Waals surface area contributed by atoms with E-state index in [1.165, 1.54) is 22.2 Å². The van der Waals surface area contributed by atoms with Crippen molar-refractivity contribution in [2.24, 2.45) is 15.4 Å². The molecule has 1 fully saturated rings. The van der Waals surface area contributed by atoms with Crippen LogP contribution in [-0.4, -0.2) is 57.0 Å². The third-order valence-electron chi connectivity index (χ3n) is 6.93. The number of hydrogen-bond acceptors (Lipinski definition) is 9. The molecule has 6 rings (SSSR count). The predicted molar refractivity (Wildman–Crippen MR) is 138 cm³/mol. The quantitative estimate of drug-likeness (QED) is 0.276. The normalized spacial score (nSPS) is 21.9. The van der Waals surface area contributed by atoms with Gasteiger partial charge in [-0.1, -0.05) is 65.9 Å². The Labute approximate surface area is 222 Å². The van der Waals surface area contributed by atoms with Crippen molar-refractivity contribution in [1.82, 2.24) is 10.0 Å². The van der Waals surface area contributed by atoms with Gasteiger partial charge in [0, 0.05) is 18.6 Å². The lowest BCUT2D eigenvalue weighted by molar-refractivity contribution is -0.384. The van der Waals surface area contributed by atoms with Gasteiger partial charge in [-0.25, -0.2) is 9.91 Å². The van der Waals surface area contributed by atoms with Crippen LogP contribution in [0.1, 0.15) is 23.6 Å². The predicted octanol–water partition coefficient (Wildman–Crippen LogP) is 3.27. The van der Waals surface area contributed by atoms with Gasteiger partial charge in [0.2, 0.25) is 0 Å². The van der Waals surface area contributed by atoms with Gasteiger partial charge in [-0.15, -0.1) is 0 Å². The highest BCUT2D eigenvalue weighted by molar-refractivity contribution is 6.25. The number of hydrazone groups is 1. The monoisotopic (exact) mass is 523 g/mol. The number of fused-ring (bicyclic) bond motifs is 1. The lowest BCUT2D eigenvalue weighted by Gasteiger charge is -2.25. The maximum atomic E-state index is 13.6. The summed E-state index contributed by atoms with van der Waals surface area (Å²) >= 11 is 0. The fraction of sp³-hybridized carbons (Fsp3) is 0.185. The molecule has 194 valence electrons. The van der Waals surface area contributed by atoms with Gasteiger partial charge >= 0.3 is 0 Å². The highest BCUT2D eigenvalue weighted by atomic mass is 16.6. The lowest BCUT2D eigenvalue weighted by Crippen LogP contribution is -2.44. The van der Waals surface area contributed by atoms with Crippen LogP contribution < -0.4 is 4.90 Å². The van der Waals surface area contributed by atoms with Crippen LogP contribution in [0.3, 0.4) is 0 Å². The van der Waals surface area contributed by atoms with Crippen LogP contribution in [0.25, 0.3) is 0 Å². The fourth-order valence-electron chi connectivity index (χ4n) is 5.02. The minimum absolute atomic E-state index is 0.0604. The Morgan fingerprint density at radius 3 is 2.26 bits per heavy atom. The van der Waals surface area contributed by atoms with Gasteiger partial charge in [-0.2, -0.15) is 10.2 Å². The molecule has 3 heterocycles. The van der Waals surface area contributed by atoms with Crippen LogP contribution in [0.2, 0.25) is 0 Å². The first kappa shape index (κ1) is 24.1. The van der Waals surface area contributed by atoms with E-state index in [0.717, 1.165) is 10.5 Å². The summed E-state index contributed by atoms with van der Waals surface area (Å²) < 4.78 is 0. The maximum Gasteiger partial charge on any atom is 0.269 e. The van der Waals surface area contributed by atoms with Gasteiger partial charge < -0.3 is 0 Å². The number of anilines is 1. The molecule has 0 saturated carbocycles. The first-order chi connectivity index (χ1) is 18.9. The van der Waals surface area contributed by atoms with Crippen molar-refractivity contribution in [3.05, 3.63) is 106 Å². The van der Waals surface area contributed by atoms with Crippen LogP contribution >= 0.6 is 0 Å². The van der Waals surface area contributed by atoms with Gasteiger partial charge in [0.1, 0.15) is 6.54 Å². The largest absolute Gasteiger partial charge is 0.271 e. The van der Waals surface area contributed by atoms with E-state index in [1.54, 1.807) is 42.5 Å². The van der Waals surface area contributed by atoms with Crippen molar-refractivity contribution in [2.75, 3.05) is 11.4 Å². The Bertz CT molecular complexity index is 1530. The summed E-state index contributed by atoms with van der Waals surface area (Å²) in [6, 6.07) is 21.3. The standard InChI is InChI=1S/C27H21N7O5/c35-23(16-31-25-24(28-30-31)26(36)32(27(25)37)19-9-5-2-6-10-19)33-22(18-11-13-20(14-12-18)34(38)39)15-21(29-33)17-7-3-1-4-8-17/h1-14,22,24-25H,15-16H2/t22-,24-,25-/m0/s1. The van der Waals surface area contributed by atoms with Gasteiger partial charge in [0.05, 0.1) is 22.4 Å². The fourth-order valence-corrected chi connectivity index (χ4v) is 5.02. The lowest BCUT2D eigenvalue weighted by atomic mass is 9.98. The molecule has 3 amide bonds. The third-order valence-corrected chi connectivity index (χ3v) is 6.93. The second-order valence-corrected chi connectivity index (χ2v) is 9.26. The summed E-state index contributed by atoms with van der Waals surface area (Å²) in [6.07, 6.45) is 0.389. The molecule has 0 radical (unpaired) electrons. The Balaban J connectivity index is 1.26. The molecule has 3 aromatic rings. The molecule has 0 bridgehead atoms. The molecule has 3 aliphatic rings. The molecule has 0 spiro atoms. The molecule has 3 atom stereocenters. The summed E-state index contributed by atoms with van der Waals surface area (Å²) in [5.74, 6) is -1.46. The number of nitro benzene ring substituents is 1. The van der Waals surface area contributed by atoms with Crippen molar-refractivity contribution in [1.29, 1.82) is 0 Å². The molecule has 0 aromatic heterocycles. The first-order valence-electron chi connectivity index (χ1n) is 12.2. The first-order valence-corrected chi connectivity index (χ1v) is 12.2. The molecule has 1 saturated heterocycles. The number of nitro groups is 1. The molecule has 12 heteroatoms. The summed E-state index contributed by atoms with van der Waals surface area (Å²) in [5, 5.41) is 26.3. The number of non-ortho nitro benzene ring substituents is 1. The third kappa shape index (κ3) is 4.21. The van der Waals surface area contributed by atoms with Gasteiger partial charge in [0.15, 0.2) is 12.1 Å². The minimum atomic E-state index is -1.03. The van der Waals surface area contributed by atoms with Gasteiger partial charge in [-0.3, -0.25) is 29.5 Å². The average Bonchev–Trinajstić information content (AvgIpc) is 3.65. The molecular formula is C27H21N7O5. The summed E-state index contributed by atoms with van der Waals surface area (Å²) in [7, 11) is 0. The molecule has 12 nitrogen and oxygen atoms in total.